The van der Waals surface area contributed by atoms with Crippen LogP contribution in [-0.2, 0) is 0 Å². The average molecular weight is 311 g/mol. The van der Waals surface area contributed by atoms with E-state index in [1.165, 1.54) is 24.5 Å². The van der Waals surface area contributed by atoms with Gasteiger partial charge in [-0.05, 0) is 30.2 Å². The second-order valence-corrected chi connectivity index (χ2v) is 5.33. The van der Waals surface area contributed by atoms with Crippen molar-refractivity contribution in [1.82, 2.24) is 20.4 Å². The van der Waals surface area contributed by atoms with E-state index in [0.29, 0.717) is 25.1 Å². The number of amides is 1. The Balaban J connectivity index is 1.73. The normalized spacial score (nSPS) is 16.9. The summed E-state index contributed by atoms with van der Waals surface area (Å²) in [7, 11) is 0. The van der Waals surface area contributed by atoms with Gasteiger partial charge in [-0.25, -0.2) is 4.39 Å². The Hall–Kier alpha value is -3.01. The summed E-state index contributed by atoms with van der Waals surface area (Å²) in [5.74, 6) is -1.06. The molecular weight excluding hydrogens is 297 g/mol. The number of carbonyl (C=O) groups excluding carboxylic acids is 1. The molecule has 116 valence electrons. The van der Waals surface area contributed by atoms with Crippen LogP contribution < -0.4 is 5.32 Å². The van der Waals surface area contributed by atoms with Crippen LogP contribution in [0.15, 0.2) is 36.7 Å². The van der Waals surface area contributed by atoms with E-state index in [-0.39, 0.29) is 11.6 Å². The summed E-state index contributed by atoms with van der Waals surface area (Å²) in [4.78, 5) is 13.8. The highest BCUT2D eigenvalue weighted by molar-refractivity contribution is 5.95. The number of halogens is 1. The number of nitriles is 1. The number of rotatable bonds is 3. The number of likely N-dealkylation sites (tertiary alicyclic amines) is 1. The number of hydrogen-bond acceptors (Lipinski definition) is 5. The van der Waals surface area contributed by atoms with Crippen molar-refractivity contribution in [2.45, 2.75) is 12.5 Å². The molecule has 1 unspecified atom stereocenters. The molecule has 1 amide bonds. The molecule has 1 atom stereocenters. The summed E-state index contributed by atoms with van der Waals surface area (Å²) >= 11 is 0. The summed E-state index contributed by atoms with van der Waals surface area (Å²) < 4.78 is 14.2. The maximum absolute atomic E-state index is 14.2. The van der Waals surface area contributed by atoms with E-state index in [4.69, 9.17) is 5.26 Å². The first-order valence-corrected chi connectivity index (χ1v) is 7.19. The molecule has 0 radical (unpaired) electrons. The van der Waals surface area contributed by atoms with Gasteiger partial charge in [0, 0.05) is 24.7 Å². The zero-order valence-electron chi connectivity index (χ0n) is 12.2. The maximum atomic E-state index is 14.2. The largest absolute Gasteiger partial charge is 0.347 e. The number of carbonyl (C=O) groups is 1. The number of hydrogen-bond donors (Lipinski definition) is 1. The van der Waals surface area contributed by atoms with Gasteiger partial charge in [0.25, 0.3) is 5.91 Å². The Morgan fingerprint density at radius 1 is 1.35 bits per heavy atom. The number of nitrogens with one attached hydrogen (secondary N) is 1. The molecule has 1 aromatic carbocycles. The van der Waals surface area contributed by atoms with Crippen molar-refractivity contribution in [1.29, 1.82) is 5.26 Å². The third kappa shape index (κ3) is 3.26. The molecule has 0 saturated carbocycles. The van der Waals surface area contributed by atoms with Crippen molar-refractivity contribution in [3.8, 4) is 17.3 Å². The van der Waals surface area contributed by atoms with Gasteiger partial charge in [-0.15, -0.1) is 0 Å². The first-order chi connectivity index (χ1) is 11.2. The highest BCUT2D eigenvalue weighted by Crippen LogP contribution is 2.21. The molecule has 1 aliphatic heterocycles. The van der Waals surface area contributed by atoms with E-state index in [0.717, 1.165) is 5.56 Å². The predicted molar refractivity (Wildman–Crippen MR) is 80.5 cm³/mol. The minimum atomic E-state index is -0.591. The van der Waals surface area contributed by atoms with Crippen LogP contribution in [0, 0.1) is 17.3 Å². The fourth-order valence-corrected chi connectivity index (χ4v) is 2.57. The monoisotopic (exact) mass is 311 g/mol. The maximum Gasteiger partial charge on any atom is 0.254 e. The molecule has 3 rings (SSSR count). The van der Waals surface area contributed by atoms with Gasteiger partial charge in [-0.1, -0.05) is 6.07 Å². The van der Waals surface area contributed by atoms with Crippen molar-refractivity contribution in [2.24, 2.45) is 0 Å². The van der Waals surface area contributed by atoms with E-state index in [9.17, 15) is 9.18 Å². The van der Waals surface area contributed by atoms with Gasteiger partial charge >= 0.3 is 0 Å². The Kier molecular flexibility index (Phi) is 4.15. The molecule has 0 bridgehead atoms. The SMILES string of the molecule is N#CN1CCC(NC(=O)c2ccc(-c3ccnnc3)cc2F)C1. The molecule has 1 fully saturated rings. The molecule has 1 saturated heterocycles. The van der Waals surface area contributed by atoms with Gasteiger partial charge in [-0.2, -0.15) is 15.5 Å². The number of benzene rings is 1. The molecule has 6 nitrogen and oxygen atoms in total. The summed E-state index contributed by atoms with van der Waals surface area (Å²) in [5.41, 5.74) is 1.35. The van der Waals surface area contributed by atoms with Crippen LogP contribution in [0.3, 0.4) is 0 Å². The van der Waals surface area contributed by atoms with E-state index >= 15 is 0 Å². The lowest BCUT2D eigenvalue weighted by Crippen LogP contribution is -2.36. The molecule has 1 aromatic heterocycles. The Morgan fingerprint density at radius 3 is 2.87 bits per heavy atom. The van der Waals surface area contributed by atoms with Gasteiger partial charge in [0.1, 0.15) is 5.82 Å². The number of nitrogens with zero attached hydrogens (tertiary/aromatic N) is 4. The van der Waals surface area contributed by atoms with Crippen molar-refractivity contribution in [2.75, 3.05) is 13.1 Å². The standard InChI is InChI=1S/C16H14FN5O/c17-15-7-11(12-3-5-19-20-8-12)1-2-14(15)16(23)21-13-4-6-22(9-13)10-18/h1-3,5,7-8,13H,4,6,9H2,(H,21,23). The quantitative estimate of drug-likeness (QED) is 0.870. The zero-order chi connectivity index (χ0) is 16.2. The lowest BCUT2D eigenvalue weighted by atomic mass is 10.0. The van der Waals surface area contributed by atoms with Gasteiger partial charge in [0.15, 0.2) is 6.19 Å². The fraction of sp³-hybridized carbons (Fsp3) is 0.250. The van der Waals surface area contributed by atoms with Crippen LogP contribution in [0.2, 0.25) is 0 Å². The average Bonchev–Trinajstić information content (AvgIpc) is 3.03. The van der Waals surface area contributed by atoms with Crippen molar-refractivity contribution in [3.63, 3.8) is 0 Å². The van der Waals surface area contributed by atoms with Gasteiger partial charge in [0.2, 0.25) is 0 Å². The fourth-order valence-electron chi connectivity index (χ4n) is 2.57. The van der Waals surface area contributed by atoms with Crippen LogP contribution >= 0.6 is 0 Å². The predicted octanol–water partition coefficient (Wildman–Crippen LogP) is 1.57. The summed E-state index contributed by atoms with van der Waals surface area (Å²) in [6, 6.07) is 6.02. The molecule has 7 heteroatoms. The molecule has 23 heavy (non-hydrogen) atoms. The summed E-state index contributed by atoms with van der Waals surface area (Å²) in [5, 5.41) is 19.0. The lowest BCUT2D eigenvalue weighted by molar-refractivity contribution is 0.0935. The van der Waals surface area contributed by atoms with Gasteiger partial charge in [0.05, 0.1) is 18.0 Å². The minimum Gasteiger partial charge on any atom is -0.347 e. The molecule has 1 N–H and O–H groups in total. The van der Waals surface area contributed by atoms with Crippen LogP contribution in [0.25, 0.3) is 11.1 Å². The second-order valence-electron chi connectivity index (χ2n) is 5.33. The van der Waals surface area contributed by atoms with Crippen LogP contribution in [0.4, 0.5) is 4.39 Å². The van der Waals surface area contributed by atoms with Gasteiger partial charge < -0.3 is 10.2 Å². The van der Waals surface area contributed by atoms with Gasteiger partial charge in [-0.3, -0.25) is 4.79 Å². The van der Waals surface area contributed by atoms with E-state index in [2.05, 4.69) is 15.5 Å². The number of aromatic nitrogens is 2. The van der Waals surface area contributed by atoms with Crippen LogP contribution in [-0.4, -0.2) is 40.1 Å². The molecule has 2 aromatic rings. The lowest BCUT2D eigenvalue weighted by Gasteiger charge is -2.13. The third-order valence-electron chi connectivity index (χ3n) is 3.80. The summed E-state index contributed by atoms with van der Waals surface area (Å²) in [6.45, 7) is 1.07. The Morgan fingerprint density at radius 2 is 2.22 bits per heavy atom. The molecular formula is C16H14FN5O. The first kappa shape index (κ1) is 14.9. The Labute approximate surface area is 132 Å². The smallest absolute Gasteiger partial charge is 0.254 e. The van der Waals surface area contributed by atoms with E-state index in [1.54, 1.807) is 17.0 Å². The zero-order valence-corrected chi connectivity index (χ0v) is 12.2. The van der Waals surface area contributed by atoms with Crippen LogP contribution in [0.5, 0.6) is 0 Å². The van der Waals surface area contributed by atoms with E-state index < -0.39 is 11.7 Å². The first-order valence-electron chi connectivity index (χ1n) is 7.19. The topological polar surface area (TPSA) is 81.9 Å². The van der Waals surface area contributed by atoms with Crippen LogP contribution in [0.1, 0.15) is 16.8 Å². The third-order valence-corrected chi connectivity index (χ3v) is 3.80. The highest BCUT2D eigenvalue weighted by Gasteiger charge is 2.24. The van der Waals surface area contributed by atoms with E-state index in [1.807, 2.05) is 6.19 Å². The molecule has 0 spiro atoms. The highest BCUT2D eigenvalue weighted by atomic mass is 19.1. The Bertz CT molecular complexity index is 759. The molecule has 2 heterocycles. The van der Waals surface area contributed by atoms with Crippen molar-refractivity contribution in [3.05, 3.63) is 48.0 Å². The second kappa shape index (κ2) is 6.40. The van der Waals surface area contributed by atoms with Crippen molar-refractivity contribution < 1.29 is 9.18 Å². The summed E-state index contributed by atoms with van der Waals surface area (Å²) in [6.07, 6.45) is 5.78. The minimum absolute atomic E-state index is 0.00817. The molecule has 1 aliphatic rings. The van der Waals surface area contributed by atoms with Crippen molar-refractivity contribution >= 4 is 5.91 Å². The molecule has 0 aliphatic carbocycles.